The van der Waals surface area contributed by atoms with Gasteiger partial charge in [-0.15, -0.1) is 5.10 Å². The maximum Gasteiger partial charge on any atom is 0.339 e. The Bertz CT molecular complexity index is 1030. The van der Waals surface area contributed by atoms with E-state index >= 15 is 0 Å². The van der Waals surface area contributed by atoms with Crippen molar-refractivity contribution in [2.75, 3.05) is 5.75 Å². The molecule has 0 bridgehead atoms. The van der Waals surface area contributed by atoms with Crippen LogP contribution in [0.15, 0.2) is 57.6 Å². The Kier molecular flexibility index (Phi) is 5.83. The molecule has 7 nitrogen and oxygen atoms in total. The van der Waals surface area contributed by atoms with Crippen LogP contribution in [0.1, 0.15) is 11.1 Å². The summed E-state index contributed by atoms with van der Waals surface area (Å²) in [4.78, 5) is 11.0. The number of aryl methyl sites for hydroxylation is 1. The van der Waals surface area contributed by atoms with Crippen LogP contribution in [0.3, 0.4) is 0 Å². The molecule has 0 radical (unpaired) electrons. The molecule has 27 heavy (non-hydrogen) atoms. The first-order valence-electron chi connectivity index (χ1n) is 7.68. The monoisotopic (exact) mass is 423 g/mol. The Morgan fingerprint density at radius 1 is 1.22 bits per heavy atom. The normalized spacial score (nSPS) is 16.1. The molecule has 3 rings (SSSR count). The second-order valence-electron chi connectivity index (χ2n) is 5.50. The molecule has 1 N–H and O–H groups in total. The fourth-order valence-electron chi connectivity index (χ4n) is 2.04. The van der Waals surface area contributed by atoms with Crippen LogP contribution in [-0.2, 0) is 14.9 Å². The highest BCUT2D eigenvalue weighted by Gasteiger charge is 2.18. The first kappa shape index (κ1) is 19.4. The van der Waals surface area contributed by atoms with Gasteiger partial charge in [0.1, 0.15) is 10.6 Å². The molecule has 0 atom stereocenters. The van der Waals surface area contributed by atoms with Gasteiger partial charge in [-0.2, -0.15) is 13.5 Å². The zero-order valence-corrected chi connectivity index (χ0v) is 16.4. The fraction of sp³-hybridized carbons (Fsp3) is 0.118. The number of benzene rings is 2. The topological polar surface area (TPSA) is 97.2 Å². The molecule has 2 aromatic carbocycles. The van der Waals surface area contributed by atoms with Crippen molar-refractivity contribution in [1.29, 1.82) is 0 Å². The number of carbonyl (C=O) groups excluding carboxylic acids is 1. The molecule has 1 heterocycles. The number of amidine groups is 1. The van der Waals surface area contributed by atoms with Gasteiger partial charge in [0.15, 0.2) is 5.17 Å². The summed E-state index contributed by atoms with van der Waals surface area (Å²) in [5.41, 5.74) is 1.47. The second kappa shape index (κ2) is 8.12. The third-order valence-electron chi connectivity index (χ3n) is 3.46. The van der Waals surface area contributed by atoms with Crippen molar-refractivity contribution < 1.29 is 17.4 Å². The highest BCUT2D eigenvalue weighted by molar-refractivity contribution is 8.15. The van der Waals surface area contributed by atoms with Crippen LogP contribution in [0.2, 0.25) is 5.02 Å². The minimum absolute atomic E-state index is 0.0179. The standard InChI is InChI=1S/C17H14ClN3O4S2/c1-11-2-7-14(8-15(11)18)27(23,24)25-13-5-3-12(4-6-13)9-19-21-17-20-16(22)10-26-17/h2-9H,10H2,1H3,(H,20,21,22). The number of hydrogen-bond donors (Lipinski definition) is 1. The summed E-state index contributed by atoms with van der Waals surface area (Å²) in [6.45, 7) is 1.78. The lowest BCUT2D eigenvalue weighted by atomic mass is 10.2. The Balaban J connectivity index is 1.68. The summed E-state index contributed by atoms with van der Waals surface area (Å²) < 4.78 is 29.8. The largest absolute Gasteiger partial charge is 0.379 e. The minimum atomic E-state index is -3.98. The van der Waals surface area contributed by atoms with Crippen molar-refractivity contribution in [2.45, 2.75) is 11.8 Å². The molecule has 0 spiro atoms. The van der Waals surface area contributed by atoms with E-state index in [0.717, 1.165) is 5.56 Å². The van der Waals surface area contributed by atoms with Gasteiger partial charge in [-0.05, 0) is 54.4 Å². The van der Waals surface area contributed by atoms with E-state index in [1.165, 1.54) is 42.2 Å². The molecule has 1 saturated heterocycles. The zero-order valence-electron chi connectivity index (χ0n) is 14.0. The van der Waals surface area contributed by atoms with Crippen LogP contribution in [0.5, 0.6) is 5.75 Å². The van der Waals surface area contributed by atoms with E-state index in [4.69, 9.17) is 15.8 Å². The molecule has 0 saturated carbocycles. The van der Waals surface area contributed by atoms with Crippen molar-refractivity contribution in [3.8, 4) is 5.75 Å². The molecule has 0 aromatic heterocycles. The Hall–Kier alpha value is -2.36. The summed E-state index contributed by atoms with van der Waals surface area (Å²) in [7, 11) is -3.98. The molecule has 140 valence electrons. The molecular formula is C17H14ClN3O4S2. The number of amides is 1. The SMILES string of the molecule is Cc1ccc(S(=O)(=O)Oc2ccc(C=N/N=C3/NC(=O)CS3)cc2)cc1Cl. The van der Waals surface area contributed by atoms with Crippen LogP contribution in [0, 0.1) is 6.92 Å². The average Bonchev–Trinajstić information content (AvgIpc) is 3.04. The van der Waals surface area contributed by atoms with E-state index in [9.17, 15) is 13.2 Å². The average molecular weight is 424 g/mol. The van der Waals surface area contributed by atoms with Crippen LogP contribution in [-0.4, -0.2) is 31.5 Å². The number of carbonyl (C=O) groups is 1. The minimum Gasteiger partial charge on any atom is -0.379 e. The molecule has 0 unspecified atom stereocenters. The van der Waals surface area contributed by atoms with Crippen molar-refractivity contribution in [3.63, 3.8) is 0 Å². The van der Waals surface area contributed by atoms with E-state index in [1.54, 1.807) is 25.1 Å². The maximum atomic E-state index is 12.3. The van der Waals surface area contributed by atoms with Crippen LogP contribution >= 0.6 is 23.4 Å². The Morgan fingerprint density at radius 3 is 2.59 bits per heavy atom. The Labute approximate surface area is 165 Å². The maximum absolute atomic E-state index is 12.3. The van der Waals surface area contributed by atoms with Crippen LogP contribution in [0.25, 0.3) is 0 Å². The van der Waals surface area contributed by atoms with Gasteiger partial charge in [0.05, 0.1) is 12.0 Å². The lowest BCUT2D eigenvalue weighted by Crippen LogP contribution is -2.19. The number of nitrogens with zero attached hydrogens (tertiary/aromatic N) is 2. The molecular weight excluding hydrogens is 410 g/mol. The van der Waals surface area contributed by atoms with Gasteiger partial charge in [0.25, 0.3) is 0 Å². The van der Waals surface area contributed by atoms with Gasteiger partial charge in [-0.3, -0.25) is 4.79 Å². The van der Waals surface area contributed by atoms with Gasteiger partial charge in [-0.1, -0.05) is 29.4 Å². The number of thioether (sulfide) groups is 1. The van der Waals surface area contributed by atoms with Crippen molar-refractivity contribution in [2.24, 2.45) is 10.2 Å². The van der Waals surface area contributed by atoms with E-state index in [-0.39, 0.29) is 16.6 Å². The summed E-state index contributed by atoms with van der Waals surface area (Å²) in [5.74, 6) is 0.390. The molecule has 0 aliphatic carbocycles. The first-order valence-corrected chi connectivity index (χ1v) is 10.4. The van der Waals surface area contributed by atoms with E-state index in [2.05, 4.69) is 15.5 Å². The first-order chi connectivity index (χ1) is 12.8. The van der Waals surface area contributed by atoms with Gasteiger partial charge in [0.2, 0.25) is 5.91 Å². The highest BCUT2D eigenvalue weighted by Crippen LogP contribution is 2.23. The third-order valence-corrected chi connectivity index (χ3v) is 5.97. The zero-order chi connectivity index (χ0) is 19.4. The highest BCUT2D eigenvalue weighted by atomic mass is 35.5. The van der Waals surface area contributed by atoms with Crippen LogP contribution < -0.4 is 9.50 Å². The van der Waals surface area contributed by atoms with Gasteiger partial charge >= 0.3 is 10.1 Å². The molecule has 1 amide bonds. The van der Waals surface area contributed by atoms with Gasteiger partial charge < -0.3 is 9.50 Å². The summed E-state index contributed by atoms with van der Waals surface area (Å²) >= 11 is 7.25. The molecule has 1 aliphatic heterocycles. The number of halogens is 1. The predicted octanol–water partition coefficient (Wildman–Crippen LogP) is 2.97. The predicted molar refractivity (Wildman–Crippen MR) is 106 cm³/mol. The van der Waals surface area contributed by atoms with E-state index in [1.807, 2.05) is 0 Å². The molecule has 10 heteroatoms. The van der Waals surface area contributed by atoms with Crippen molar-refractivity contribution in [3.05, 3.63) is 58.6 Å². The molecule has 2 aromatic rings. The van der Waals surface area contributed by atoms with Gasteiger partial charge in [0, 0.05) is 5.02 Å². The molecule has 1 fully saturated rings. The van der Waals surface area contributed by atoms with E-state index in [0.29, 0.717) is 21.5 Å². The summed E-state index contributed by atoms with van der Waals surface area (Å²) in [6.07, 6.45) is 1.48. The number of hydrogen-bond acceptors (Lipinski definition) is 7. The lowest BCUT2D eigenvalue weighted by Gasteiger charge is -2.08. The molecule has 1 aliphatic rings. The summed E-state index contributed by atoms with van der Waals surface area (Å²) in [5, 5.41) is 11.1. The van der Waals surface area contributed by atoms with Gasteiger partial charge in [-0.25, -0.2) is 0 Å². The lowest BCUT2D eigenvalue weighted by molar-refractivity contribution is -0.116. The summed E-state index contributed by atoms with van der Waals surface area (Å²) in [6, 6.07) is 10.7. The Morgan fingerprint density at radius 2 is 1.96 bits per heavy atom. The number of rotatable bonds is 5. The number of nitrogens with one attached hydrogen (secondary N) is 1. The van der Waals surface area contributed by atoms with Crippen molar-refractivity contribution >= 4 is 50.8 Å². The van der Waals surface area contributed by atoms with E-state index < -0.39 is 10.1 Å². The van der Waals surface area contributed by atoms with Crippen LogP contribution in [0.4, 0.5) is 0 Å². The quantitative estimate of drug-likeness (QED) is 0.453. The van der Waals surface area contributed by atoms with Crippen molar-refractivity contribution in [1.82, 2.24) is 5.32 Å². The smallest absolute Gasteiger partial charge is 0.339 e. The third kappa shape index (κ3) is 5.09. The second-order valence-corrected chi connectivity index (χ2v) is 8.42. The fourth-order valence-corrected chi connectivity index (χ4v) is 3.87.